The van der Waals surface area contributed by atoms with Gasteiger partial charge in [-0.1, -0.05) is 37.3 Å². The first-order valence-electron chi connectivity index (χ1n) is 6.30. The second-order valence-electron chi connectivity index (χ2n) is 4.14. The van der Waals surface area contributed by atoms with E-state index in [1.165, 1.54) is 5.56 Å². The lowest BCUT2D eigenvalue weighted by Gasteiger charge is -2.04. The third-order valence-electron chi connectivity index (χ3n) is 2.58. The monoisotopic (exact) mass is 291 g/mol. The van der Waals surface area contributed by atoms with Gasteiger partial charge in [-0.05, 0) is 24.2 Å². The molecule has 0 amide bonds. The highest BCUT2D eigenvalue weighted by Crippen LogP contribution is 2.01. The molecule has 0 aliphatic carbocycles. The van der Waals surface area contributed by atoms with Crippen molar-refractivity contribution in [1.29, 1.82) is 0 Å². The molecule has 1 heterocycles. The highest BCUT2D eigenvalue weighted by Gasteiger charge is 1.98. The van der Waals surface area contributed by atoms with E-state index in [0.717, 1.165) is 24.3 Å². The maximum absolute atomic E-state index is 5.21. The van der Waals surface area contributed by atoms with E-state index >= 15 is 0 Å². The van der Waals surface area contributed by atoms with Crippen LogP contribution >= 0.6 is 23.6 Å². The van der Waals surface area contributed by atoms with E-state index in [0.29, 0.717) is 5.11 Å². The minimum absolute atomic E-state index is 0.561. The number of hydrogen-bond acceptors (Lipinski definition) is 2. The van der Waals surface area contributed by atoms with E-state index in [4.69, 9.17) is 12.2 Å². The fraction of sp³-hybridized carbons (Fsp3) is 0.286. The third-order valence-corrected chi connectivity index (χ3v) is 3.61. The van der Waals surface area contributed by atoms with E-state index in [2.05, 4.69) is 33.9 Å². The van der Waals surface area contributed by atoms with Crippen LogP contribution in [0, 0.1) is 0 Å². The van der Waals surface area contributed by atoms with Crippen LogP contribution in [0.4, 0.5) is 0 Å². The lowest BCUT2D eigenvalue weighted by Crippen LogP contribution is -2.24. The topological polar surface area (TPSA) is 29.3 Å². The number of nitrogens with one attached hydrogen (secondary N) is 1. The van der Waals surface area contributed by atoms with Crippen LogP contribution in [0.3, 0.4) is 0 Å². The zero-order valence-electron chi connectivity index (χ0n) is 10.9. The van der Waals surface area contributed by atoms with Gasteiger partial charge >= 0.3 is 0 Å². The molecule has 1 N–H and O–H groups in total. The largest absolute Gasteiger partial charge is 0.361 e. The molecule has 0 atom stereocenters. The molecule has 0 aliphatic rings. The summed E-state index contributed by atoms with van der Waals surface area (Å²) in [5.74, 6) is 0. The Morgan fingerprint density at radius 1 is 1.37 bits per heavy atom. The molecule has 2 rings (SSSR count). The predicted octanol–water partition coefficient (Wildman–Crippen LogP) is 2.78. The third kappa shape index (κ3) is 4.29. The predicted molar refractivity (Wildman–Crippen MR) is 84.3 cm³/mol. The van der Waals surface area contributed by atoms with Crippen molar-refractivity contribution < 1.29 is 0 Å². The number of hydrogen-bond donors (Lipinski definition) is 1. The van der Waals surface area contributed by atoms with Gasteiger partial charge < -0.3 is 9.88 Å². The highest BCUT2D eigenvalue weighted by molar-refractivity contribution is 7.80. The molecule has 0 spiro atoms. The highest BCUT2D eigenvalue weighted by atomic mass is 32.1. The van der Waals surface area contributed by atoms with Gasteiger partial charge in [0, 0.05) is 24.7 Å². The van der Waals surface area contributed by atoms with Gasteiger partial charge in [-0.15, -0.1) is 11.3 Å². The zero-order chi connectivity index (χ0) is 13.5. The molecular formula is C14H17N3S2. The van der Waals surface area contributed by atoms with Gasteiger partial charge in [-0.2, -0.15) is 4.99 Å². The zero-order valence-corrected chi connectivity index (χ0v) is 12.5. The second-order valence-corrected chi connectivity index (χ2v) is 5.40. The molecule has 3 nitrogen and oxygen atoms in total. The molecule has 0 saturated heterocycles. The smallest absolute Gasteiger partial charge is 0.195 e. The Morgan fingerprint density at radius 2 is 2.16 bits per heavy atom. The number of nitrogens with zero attached hydrogens (tertiary/aromatic N) is 2. The van der Waals surface area contributed by atoms with Crippen molar-refractivity contribution in [3.63, 3.8) is 0 Å². The molecule has 0 fully saturated rings. The summed E-state index contributed by atoms with van der Waals surface area (Å²) in [6, 6.07) is 10.3. The molecule has 0 radical (unpaired) electrons. The van der Waals surface area contributed by atoms with Crippen molar-refractivity contribution in [2.24, 2.45) is 4.99 Å². The molecule has 1 aromatic carbocycles. The van der Waals surface area contributed by atoms with Crippen LogP contribution in [-0.4, -0.2) is 16.2 Å². The molecule has 2 aromatic rings. The quantitative estimate of drug-likeness (QED) is 0.878. The SMILES string of the molecule is CCCNC(=S)/N=c1\sccn1Cc1ccccc1. The van der Waals surface area contributed by atoms with Gasteiger partial charge in [0.25, 0.3) is 0 Å². The van der Waals surface area contributed by atoms with Crippen LogP contribution in [0.2, 0.25) is 0 Å². The Labute approximate surface area is 122 Å². The molecule has 100 valence electrons. The number of aromatic nitrogens is 1. The van der Waals surface area contributed by atoms with Gasteiger partial charge in [-0.3, -0.25) is 0 Å². The maximum Gasteiger partial charge on any atom is 0.195 e. The minimum Gasteiger partial charge on any atom is -0.361 e. The summed E-state index contributed by atoms with van der Waals surface area (Å²) in [6.07, 6.45) is 3.09. The summed E-state index contributed by atoms with van der Waals surface area (Å²) in [7, 11) is 0. The Hall–Kier alpha value is -1.46. The molecule has 5 heteroatoms. The number of rotatable bonds is 4. The van der Waals surface area contributed by atoms with E-state index < -0.39 is 0 Å². The van der Waals surface area contributed by atoms with Crippen molar-refractivity contribution in [1.82, 2.24) is 9.88 Å². The van der Waals surface area contributed by atoms with Crippen molar-refractivity contribution >= 4 is 28.7 Å². The summed E-state index contributed by atoms with van der Waals surface area (Å²) >= 11 is 6.81. The summed E-state index contributed by atoms with van der Waals surface area (Å²) in [6.45, 7) is 3.79. The summed E-state index contributed by atoms with van der Waals surface area (Å²) in [5.41, 5.74) is 1.26. The average Bonchev–Trinajstić information content (AvgIpc) is 2.85. The maximum atomic E-state index is 5.21. The van der Waals surface area contributed by atoms with Crippen molar-refractivity contribution in [2.75, 3.05) is 6.54 Å². The van der Waals surface area contributed by atoms with Crippen LogP contribution < -0.4 is 10.1 Å². The van der Waals surface area contributed by atoms with Crippen LogP contribution in [0.25, 0.3) is 0 Å². The standard InChI is InChI=1S/C14H17N3S2/c1-2-8-15-13(18)16-14-17(9-10-19-14)11-12-6-4-3-5-7-12/h3-7,9-10H,2,8,11H2,1H3,(H,15,18)/b16-14-. The second kappa shape index (κ2) is 7.21. The average molecular weight is 291 g/mol. The normalized spacial score (nSPS) is 11.5. The fourth-order valence-electron chi connectivity index (χ4n) is 1.65. The Kier molecular flexibility index (Phi) is 5.30. The van der Waals surface area contributed by atoms with Gasteiger partial charge in [-0.25, -0.2) is 0 Å². The molecule has 0 bridgehead atoms. The van der Waals surface area contributed by atoms with Crippen LogP contribution in [-0.2, 0) is 6.54 Å². The summed E-state index contributed by atoms with van der Waals surface area (Å²) < 4.78 is 2.11. The number of thiazole rings is 1. The van der Waals surface area contributed by atoms with Crippen LogP contribution in [0.5, 0.6) is 0 Å². The Morgan fingerprint density at radius 3 is 2.89 bits per heavy atom. The van der Waals surface area contributed by atoms with E-state index in [-0.39, 0.29) is 0 Å². The van der Waals surface area contributed by atoms with Crippen molar-refractivity contribution in [3.8, 4) is 0 Å². The molecule has 1 aromatic heterocycles. The van der Waals surface area contributed by atoms with Crippen molar-refractivity contribution in [2.45, 2.75) is 19.9 Å². The van der Waals surface area contributed by atoms with Gasteiger partial charge in [0.05, 0.1) is 0 Å². The first-order valence-corrected chi connectivity index (χ1v) is 7.59. The number of thiocarbonyl (C=S) groups is 1. The van der Waals surface area contributed by atoms with E-state index in [1.807, 2.05) is 29.8 Å². The summed E-state index contributed by atoms with van der Waals surface area (Å²) in [5, 5.41) is 5.71. The molecule has 19 heavy (non-hydrogen) atoms. The van der Waals surface area contributed by atoms with Crippen LogP contribution in [0.15, 0.2) is 46.9 Å². The molecular weight excluding hydrogens is 274 g/mol. The van der Waals surface area contributed by atoms with E-state index in [9.17, 15) is 0 Å². The molecule has 0 saturated carbocycles. The summed E-state index contributed by atoms with van der Waals surface area (Å²) in [4.78, 5) is 5.38. The van der Waals surface area contributed by atoms with Gasteiger partial charge in [0.1, 0.15) is 0 Å². The van der Waals surface area contributed by atoms with Gasteiger partial charge in [0.15, 0.2) is 9.91 Å². The Balaban J connectivity index is 2.13. The molecule has 0 aliphatic heterocycles. The Bertz CT molecular complexity index is 584. The fourth-order valence-corrected chi connectivity index (χ4v) is 2.63. The van der Waals surface area contributed by atoms with Crippen molar-refractivity contribution in [3.05, 3.63) is 52.3 Å². The van der Waals surface area contributed by atoms with Crippen LogP contribution in [0.1, 0.15) is 18.9 Å². The number of benzene rings is 1. The molecule has 0 unspecified atom stereocenters. The first kappa shape index (κ1) is 14.0. The lowest BCUT2D eigenvalue weighted by molar-refractivity contribution is 0.768. The lowest BCUT2D eigenvalue weighted by atomic mass is 10.2. The van der Waals surface area contributed by atoms with E-state index in [1.54, 1.807) is 11.3 Å². The van der Waals surface area contributed by atoms with Gasteiger partial charge in [0.2, 0.25) is 0 Å². The first-order chi connectivity index (χ1) is 9.29. The minimum atomic E-state index is 0.561.